The van der Waals surface area contributed by atoms with E-state index in [0.717, 1.165) is 16.7 Å². The molecule has 2 aliphatic heterocycles. The fraction of sp³-hybridized carbons (Fsp3) is 0.304. The molecule has 2 aromatic carbocycles. The van der Waals surface area contributed by atoms with E-state index in [1.54, 1.807) is 17.5 Å². The van der Waals surface area contributed by atoms with Crippen LogP contribution in [0.15, 0.2) is 46.8 Å². The molecule has 9 heteroatoms. The van der Waals surface area contributed by atoms with Gasteiger partial charge in [0.2, 0.25) is 0 Å². The lowest BCUT2D eigenvalue weighted by molar-refractivity contribution is -0.124. The summed E-state index contributed by atoms with van der Waals surface area (Å²) in [6.07, 6.45) is 2.76. The lowest BCUT2D eigenvalue weighted by Crippen LogP contribution is -2.50. The van der Waals surface area contributed by atoms with Gasteiger partial charge in [0.05, 0.1) is 11.4 Å². The predicted octanol–water partition coefficient (Wildman–Crippen LogP) is 3.19. The number of benzene rings is 2. The van der Waals surface area contributed by atoms with Crippen LogP contribution in [0.1, 0.15) is 35.1 Å². The third-order valence-electron chi connectivity index (χ3n) is 5.95. The van der Waals surface area contributed by atoms with Gasteiger partial charge in [-0.1, -0.05) is 12.1 Å². The molecule has 1 saturated heterocycles. The van der Waals surface area contributed by atoms with E-state index < -0.39 is 16.9 Å². The molecular weight excluding hydrogens is 431 g/mol. The smallest absolute Gasteiger partial charge is 0.253 e. The molecule has 1 atom stereocenters. The van der Waals surface area contributed by atoms with E-state index in [9.17, 15) is 13.9 Å². The highest BCUT2D eigenvalue weighted by Gasteiger charge is 2.47. The van der Waals surface area contributed by atoms with Crippen LogP contribution in [0.4, 0.5) is 10.2 Å². The number of hydrogen-bond acceptors (Lipinski definition) is 6. The minimum Gasteiger partial charge on any atom is -0.593 e. The molecular formula is C23H25FN4O3S. The van der Waals surface area contributed by atoms with Gasteiger partial charge in [-0.15, -0.1) is 4.31 Å². The normalized spacial score (nSPS) is 19.2. The van der Waals surface area contributed by atoms with Crippen molar-refractivity contribution in [3.05, 3.63) is 64.1 Å². The first-order valence-corrected chi connectivity index (χ1v) is 11.5. The van der Waals surface area contributed by atoms with Crippen molar-refractivity contribution >= 4 is 34.9 Å². The molecule has 3 N–H and O–H groups in total. The largest absolute Gasteiger partial charge is 0.593 e. The molecule has 0 bridgehead atoms. The van der Waals surface area contributed by atoms with E-state index in [-0.39, 0.29) is 11.7 Å². The van der Waals surface area contributed by atoms with Crippen molar-refractivity contribution in [3.63, 3.8) is 0 Å². The molecule has 2 aliphatic rings. The van der Waals surface area contributed by atoms with Gasteiger partial charge in [0, 0.05) is 28.9 Å². The SMILES string of the molecule is Cc1cc(N)cc(C)c1/C=C/[S@+]([O-])N1CCC2(CC1)N=C(c1cccc(OF)c1)NC2=O. The Morgan fingerprint density at radius 1 is 1.25 bits per heavy atom. The van der Waals surface area contributed by atoms with Gasteiger partial charge in [0.25, 0.3) is 5.91 Å². The Balaban J connectivity index is 1.44. The number of rotatable bonds is 5. The second-order valence-corrected chi connectivity index (χ2v) is 9.47. The highest BCUT2D eigenvalue weighted by molar-refractivity contribution is 7.92. The minimum atomic E-state index is -1.32. The maximum atomic E-state index is 12.8. The van der Waals surface area contributed by atoms with Gasteiger partial charge in [-0.25, -0.2) is 0 Å². The number of nitrogens with two attached hydrogens (primary N) is 1. The summed E-state index contributed by atoms with van der Waals surface area (Å²) >= 11 is -1.32. The van der Waals surface area contributed by atoms with Crippen LogP contribution in [0.2, 0.25) is 0 Å². The van der Waals surface area contributed by atoms with Crippen molar-refractivity contribution < 1.29 is 18.8 Å². The molecule has 0 aromatic heterocycles. The zero-order valence-electron chi connectivity index (χ0n) is 17.9. The molecule has 7 nitrogen and oxygen atoms in total. The standard InChI is InChI=1S/C23H25FN4O3S/c1-15-12-18(25)13-16(2)20(15)6-11-32(30)28-9-7-23(8-10-28)22(29)26-21(27-23)17-4-3-5-19(14-17)31-24/h3-6,11-14H,7-10,25H2,1-2H3,(H,26,27,29)/b11-6+/t32-/m0/s1. The highest BCUT2D eigenvalue weighted by Crippen LogP contribution is 2.33. The summed E-state index contributed by atoms with van der Waals surface area (Å²) in [5, 5.41) is 4.48. The van der Waals surface area contributed by atoms with E-state index in [4.69, 9.17) is 5.73 Å². The fourth-order valence-electron chi connectivity index (χ4n) is 4.20. The first kappa shape index (κ1) is 22.3. The molecule has 0 saturated carbocycles. The Bertz CT molecular complexity index is 1070. The average molecular weight is 457 g/mol. The van der Waals surface area contributed by atoms with Gasteiger partial charge in [-0.05, 0) is 73.7 Å². The molecule has 2 heterocycles. The van der Waals surface area contributed by atoms with E-state index in [2.05, 4.69) is 15.3 Å². The zero-order valence-corrected chi connectivity index (χ0v) is 18.7. The summed E-state index contributed by atoms with van der Waals surface area (Å²) in [5.74, 6) is 0.259. The monoisotopic (exact) mass is 456 g/mol. The lowest BCUT2D eigenvalue weighted by atomic mass is 9.89. The van der Waals surface area contributed by atoms with Gasteiger partial charge in [-0.2, -0.15) is 0 Å². The van der Waals surface area contributed by atoms with Crippen LogP contribution in [0.25, 0.3) is 6.08 Å². The highest BCUT2D eigenvalue weighted by atomic mass is 32.2. The maximum absolute atomic E-state index is 12.8. The second kappa shape index (κ2) is 8.93. The molecule has 1 fully saturated rings. The first-order valence-electron chi connectivity index (χ1n) is 10.3. The Morgan fingerprint density at radius 2 is 1.94 bits per heavy atom. The van der Waals surface area contributed by atoms with Crippen molar-refractivity contribution in [2.24, 2.45) is 4.99 Å². The Hall–Kier alpha value is -2.88. The third-order valence-corrected chi connectivity index (χ3v) is 7.19. The third kappa shape index (κ3) is 4.36. The Morgan fingerprint density at radius 3 is 2.59 bits per heavy atom. The average Bonchev–Trinajstić information content (AvgIpc) is 3.09. The number of aryl methyl sites for hydroxylation is 2. The molecule has 1 spiro atoms. The molecule has 4 rings (SSSR count). The van der Waals surface area contributed by atoms with E-state index in [1.165, 1.54) is 12.1 Å². The number of amidine groups is 1. The summed E-state index contributed by atoms with van der Waals surface area (Å²) in [6, 6.07) is 10.1. The predicted molar refractivity (Wildman–Crippen MR) is 124 cm³/mol. The number of nitrogens with one attached hydrogen (secondary N) is 1. The molecule has 32 heavy (non-hydrogen) atoms. The number of anilines is 1. The van der Waals surface area contributed by atoms with Crippen LogP contribution in [-0.4, -0.2) is 39.2 Å². The van der Waals surface area contributed by atoms with Gasteiger partial charge >= 0.3 is 0 Å². The quantitative estimate of drug-likeness (QED) is 0.531. The number of hydrogen-bond donors (Lipinski definition) is 2. The van der Waals surface area contributed by atoms with Crippen LogP contribution in [0.5, 0.6) is 5.75 Å². The number of aliphatic imine (C=N–C) groups is 1. The number of nitrogen functional groups attached to an aromatic ring is 1. The molecule has 0 unspecified atom stereocenters. The van der Waals surface area contributed by atoms with Crippen molar-refractivity contribution in [1.82, 2.24) is 9.62 Å². The summed E-state index contributed by atoms with van der Waals surface area (Å²) in [6.45, 7) is 4.88. The van der Waals surface area contributed by atoms with Gasteiger partial charge < -0.3 is 15.6 Å². The second-order valence-electron chi connectivity index (χ2n) is 8.13. The fourth-order valence-corrected chi connectivity index (χ4v) is 5.17. The number of piperidine rings is 1. The zero-order chi connectivity index (χ0) is 22.9. The molecule has 1 amide bonds. The topological polar surface area (TPSA) is 103 Å². The van der Waals surface area contributed by atoms with Crippen molar-refractivity contribution in [3.8, 4) is 5.75 Å². The van der Waals surface area contributed by atoms with E-state index in [1.807, 2.05) is 36.4 Å². The van der Waals surface area contributed by atoms with Crippen LogP contribution < -0.4 is 16.0 Å². The Kier molecular flexibility index (Phi) is 6.23. The minimum absolute atomic E-state index is 0.0454. The lowest BCUT2D eigenvalue weighted by Gasteiger charge is -2.34. The number of carbonyl (C=O) groups is 1. The molecule has 2 aromatic rings. The summed E-state index contributed by atoms with van der Waals surface area (Å²) in [4.78, 5) is 21.1. The van der Waals surface area contributed by atoms with Gasteiger partial charge in [-0.3, -0.25) is 14.7 Å². The first-order chi connectivity index (χ1) is 15.3. The number of carbonyl (C=O) groups excluding carboxylic acids is 1. The van der Waals surface area contributed by atoms with Gasteiger partial charge in [0.1, 0.15) is 16.8 Å². The molecule has 0 radical (unpaired) electrons. The van der Waals surface area contributed by atoms with Crippen molar-refractivity contribution in [2.75, 3.05) is 18.8 Å². The summed E-state index contributed by atoms with van der Waals surface area (Å²) in [5.41, 5.74) is 9.32. The van der Waals surface area contributed by atoms with Crippen LogP contribution in [0.3, 0.4) is 0 Å². The van der Waals surface area contributed by atoms with E-state index in [0.29, 0.717) is 43.0 Å². The van der Waals surface area contributed by atoms with Crippen molar-refractivity contribution in [2.45, 2.75) is 32.2 Å². The maximum Gasteiger partial charge on any atom is 0.253 e. The molecule has 0 aliphatic carbocycles. The van der Waals surface area contributed by atoms with Crippen LogP contribution in [-0.2, 0) is 16.2 Å². The van der Waals surface area contributed by atoms with Crippen LogP contribution in [0, 0.1) is 13.8 Å². The van der Waals surface area contributed by atoms with Gasteiger partial charge in [0.15, 0.2) is 5.75 Å². The number of nitrogens with zero attached hydrogens (tertiary/aromatic N) is 2. The van der Waals surface area contributed by atoms with Crippen LogP contribution >= 0.6 is 0 Å². The molecule has 168 valence electrons. The number of amides is 1. The Labute approximate surface area is 189 Å². The van der Waals surface area contributed by atoms with E-state index >= 15 is 0 Å². The number of halogens is 1. The van der Waals surface area contributed by atoms with Crippen molar-refractivity contribution in [1.29, 1.82) is 0 Å². The summed E-state index contributed by atoms with van der Waals surface area (Å²) < 4.78 is 27.2. The summed E-state index contributed by atoms with van der Waals surface area (Å²) in [7, 11) is 0.